The predicted molar refractivity (Wildman–Crippen MR) is 159 cm³/mol. The average Bonchev–Trinajstić information content (AvgIpc) is 3.38. The van der Waals surface area contributed by atoms with Gasteiger partial charge in [0.2, 0.25) is 0 Å². The van der Waals surface area contributed by atoms with Crippen LogP contribution in [0.2, 0.25) is 0 Å². The van der Waals surface area contributed by atoms with E-state index in [9.17, 15) is 19.5 Å². The number of nitrogens with two attached hydrogens (primary N) is 1. The highest BCUT2D eigenvalue weighted by molar-refractivity contribution is 7.13. The molecule has 41 heavy (non-hydrogen) atoms. The summed E-state index contributed by atoms with van der Waals surface area (Å²) < 4.78 is 6.28. The lowest BCUT2D eigenvalue weighted by Crippen LogP contribution is -2.25. The minimum absolute atomic E-state index is 0.0199. The lowest BCUT2D eigenvalue weighted by Gasteiger charge is -2.18. The van der Waals surface area contributed by atoms with E-state index in [2.05, 4.69) is 21.7 Å². The number of ether oxygens (including phenoxy) is 1. The van der Waals surface area contributed by atoms with E-state index in [0.717, 1.165) is 28.0 Å². The van der Waals surface area contributed by atoms with E-state index in [-0.39, 0.29) is 28.6 Å². The van der Waals surface area contributed by atoms with Crippen LogP contribution in [0.5, 0.6) is 5.75 Å². The van der Waals surface area contributed by atoms with Crippen LogP contribution < -0.4 is 21.1 Å². The van der Waals surface area contributed by atoms with Crippen molar-refractivity contribution in [2.45, 2.75) is 39.3 Å². The second kappa shape index (κ2) is 11.9. The summed E-state index contributed by atoms with van der Waals surface area (Å²) in [7, 11) is 0. The normalized spacial score (nSPS) is 13.8. The summed E-state index contributed by atoms with van der Waals surface area (Å²) in [6.45, 7) is 4.70. The Bertz CT molecular complexity index is 1630. The first-order valence-corrected chi connectivity index (χ1v) is 14.2. The third-order valence-corrected chi connectivity index (χ3v) is 7.78. The summed E-state index contributed by atoms with van der Waals surface area (Å²) in [5.41, 5.74) is 9.49. The van der Waals surface area contributed by atoms with Crippen molar-refractivity contribution >= 4 is 34.8 Å². The maximum Gasteiger partial charge on any atom is 0.355 e. The second-order valence-corrected chi connectivity index (χ2v) is 10.7. The van der Waals surface area contributed by atoms with Gasteiger partial charge in [-0.2, -0.15) is 0 Å². The fourth-order valence-electron chi connectivity index (χ4n) is 4.78. The minimum Gasteiger partial charge on any atom is -0.490 e. The van der Waals surface area contributed by atoms with Gasteiger partial charge in [-0.15, -0.1) is 11.3 Å². The molecule has 0 aliphatic carbocycles. The van der Waals surface area contributed by atoms with Gasteiger partial charge in [-0.1, -0.05) is 19.1 Å². The van der Waals surface area contributed by atoms with Crippen molar-refractivity contribution < 1.29 is 24.2 Å². The molecule has 210 valence electrons. The first kappa shape index (κ1) is 28.0. The largest absolute Gasteiger partial charge is 0.490 e. The van der Waals surface area contributed by atoms with Crippen molar-refractivity contribution in [2.24, 2.45) is 5.73 Å². The molecule has 0 unspecified atom stereocenters. The number of nitrogens with one attached hydrogen (secondary N) is 2. The van der Waals surface area contributed by atoms with Gasteiger partial charge >= 0.3 is 5.97 Å². The number of aromatic nitrogens is 1. The standard InChI is InChI=1S/C31H30N4O5S/c1-3-11-33-30(37)25-9-8-21(27(35-25)31(38)39)22-15-26-24(28-19(10-12-41-28)13-17(2)40-26)14-23(22)29(36)34-20-6-4-18(16-32)5-7-20/h4-10,12,14-15,17H,3,11,13,16,32H2,1-2H3,(H,33,37)(H,34,36)(H,38,39)/t17-/m1/s1. The number of carbonyl (C=O) groups is 3. The fourth-order valence-corrected chi connectivity index (χ4v) is 5.74. The number of amides is 2. The van der Waals surface area contributed by atoms with E-state index < -0.39 is 17.8 Å². The number of hydrogen-bond acceptors (Lipinski definition) is 7. The molecule has 3 heterocycles. The number of anilines is 1. The van der Waals surface area contributed by atoms with Crippen molar-refractivity contribution in [2.75, 3.05) is 11.9 Å². The van der Waals surface area contributed by atoms with Gasteiger partial charge in [0, 0.05) is 52.3 Å². The Balaban J connectivity index is 1.67. The number of rotatable bonds is 8. The highest BCUT2D eigenvalue weighted by atomic mass is 32.1. The molecule has 2 aromatic carbocycles. The number of carboxylic acid groups (broad SMARTS) is 1. The number of pyridine rings is 1. The summed E-state index contributed by atoms with van der Waals surface area (Å²) in [5.74, 6) is -1.68. The Kier molecular flexibility index (Phi) is 8.14. The molecular formula is C31H30N4O5S. The smallest absolute Gasteiger partial charge is 0.355 e. The molecule has 0 radical (unpaired) electrons. The number of carboxylic acids is 1. The van der Waals surface area contributed by atoms with Gasteiger partial charge in [0.15, 0.2) is 5.69 Å². The van der Waals surface area contributed by atoms with Crippen LogP contribution in [0.15, 0.2) is 60.0 Å². The first-order chi connectivity index (χ1) is 19.8. The molecule has 0 fully saturated rings. The third-order valence-electron chi connectivity index (χ3n) is 6.79. The SMILES string of the molecule is CCCNC(=O)c1ccc(-c2cc3c(cc2C(=O)Nc2ccc(CN)cc2)-c2sccc2C[C@@H](C)O3)c(C(=O)O)n1. The zero-order valence-corrected chi connectivity index (χ0v) is 23.5. The zero-order valence-electron chi connectivity index (χ0n) is 22.7. The van der Waals surface area contributed by atoms with Crippen LogP contribution in [0.4, 0.5) is 5.69 Å². The molecule has 9 nitrogen and oxygen atoms in total. The number of nitrogens with zero attached hydrogens (tertiary/aromatic N) is 1. The Morgan fingerprint density at radius 2 is 1.83 bits per heavy atom. The van der Waals surface area contributed by atoms with Gasteiger partial charge in [0.05, 0.1) is 0 Å². The van der Waals surface area contributed by atoms with E-state index in [0.29, 0.717) is 36.5 Å². The number of carbonyl (C=O) groups excluding carboxylic acids is 2. The molecule has 0 saturated heterocycles. The minimum atomic E-state index is -1.32. The molecule has 4 aromatic rings. The molecule has 0 bridgehead atoms. The van der Waals surface area contributed by atoms with E-state index in [1.165, 1.54) is 12.1 Å². The summed E-state index contributed by atoms with van der Waals surface area (Å²) >= 11 is 1.56. The van der Waals surface area contributed by atoms with Gasteiger partial charge in [0.1, 0.15) is 17.5 Å². The van der Waals surface area contributed by atoms with Crippen LogP contribution in [-0.2, 0) is 13.0 Å². The maximum atomic E-state index is 13.8. The van der Waals surface area contributed by atoms with E-state index in [1.54, 1.807) is 35.6 Å². The highest BCUT2D eigenvalue weighted by Crippen LogP contribution is 2.44. The molecule has 2 amide bonds. The van der Waals surface area contributed by atoms with Gasteiger partial charge in [-0.05, 0) is 72.3 Å². The van der Waals surface area contributed by atoms with Gasteiger partial charge < -0.3 is 26.2 Å². The number of benzene rings is 2. The topological polar surface area (TPSA) is 144 Å². The Morgan fingerprint density at radius 3 is 2.54 bits per heavy atom. The van der Waals surface area contributed by atoms with Crippen molar-refractivity contribution in [3.05, 3.63) is 88.1 Å². The Labute approximate surface area is 241 Å². The summed E-state index contributed by atoms with van der Waals surface area (Å²) in [5, 5.41) is 17.8. The molecule has 10 heteroatoms. The van der Waals surface area contributed by atoms with Crippen LogP contribution in [-0.4, -0.2) is 40.5 Å². The molecule has 0 spiro atoms. The summed E-state index contributed by atoms with van der Waals surface area (Å²) in [4.78, 5) is 44.0. The number of hydrogen-bond donors (Lipinski definition) is 4. The van der Waals surface area contributed by atoms with E-state index >= 15 is 0 Å². The monoisotopic (exact) mass is 570 g/mol. The van der Waals surface area contributed by atoms with Gasteiger partial charge in [-0.25, -0.2) is 9.78 Å². The molecule has 1 aliphatic rings. The lowest BCUT2D eigenvalue weighted by atomic mass is 9.93. The second-order valence-electron chi connectivity index (χ2n) is 9.81. The third kappa shape index (κ3) is 5.84. The van der Waals surface area contributed by atoms with Gasteiger partial charge in [-0.3, -0.25) is 9.59 Å². The first-order valence-electron chi connectivity index (χ1n) is 13.3. The van der Waals surface area contributed by atoms with Crippen molar-refractivity contribution in [3.63, 3.8) is 0 Å². The van der Waals surface area contributed by atoms with Crippen molar-refractivity contribution in [1.29, 1.82) is 0 Å². The highest BCUT2D eigenvalue weighted by Gasteiger charge is 2.28. The van der Waals surface area contributed by atoms with Crippen molar-refractivity contribution in [1.82, 2.24) is 10.3 Å². The van der Waals surface area contributed by atoms with Crippen molar-refractivity contribution in [3.8, 4) is 27.3 Å². The number of aromatic carboxylic acids is 1. The predicted octanol–water partition coefficient (Wildman–Crippen LogP) is 5.35. The summed E-state index contributed by atoms with van der Waals surface area (Å²) in [6.07, 6.45) is 1.28. The molecule has 1 aliphatic heterocycles. The molecule has 0 saturated carbocycles. The summed E-state index contributed by atoms with van der Waals surface area (Å²) in [6, 6.07) is 15.7. The quantitative estimate of drug-likeness (QED) is 0.224. The average molecular weight is 571 g/mol. The molecule has 2 aromatic heterocycles. The number of fused-ring (bicyclic) bond motifs is 3. The molecule has 5 N–H and O–H groups in total. The van der Waals surface area contributed by atoms with Crippen LogP contribution in [0.25, 0.3) is 21.6 Å². The molecular weight excluding hydrogens is 540 g/mol. The number of thiophene rings is 1. The Morgan fingerprint density at radius 1 is 1.05 bits per heavy atom. The molecule has 1 atom stereocenters. The van der Waals surface area contributed by atoms with Crippen LogP contribution in [0.1, 0.15) is 62.7 Å². The van der Waals surface area contributed by atoms with E-state index in [4.69, 9.17) is 10.5 Å². The van der Waals surface area contributed by atoms with Crippen LogP contribution >= 0.6 is 11.3 Å². The fraction of sp³-hybridized carbons (Fsp3) is 0.226. The van der Waals surface area contributed by atoms with Gasteiger partial charge in [0.25, 0.3) is 11.8 Å². The molecule has 5 rings (SSSR count). The maximum absolute atomic E-state index is 13.8. The Hall–Kier alpha value is -4.54. The van der Waals surface area contributed by atoms with Crippen LogP contribution in [0, 0.1) is 0 Å². The van der Waals surface area contributed by atoms with E-state index in [1.807, 2.05) is 31.4 Å². The lowest BCUT2D eigenvalue weighted by molar-refractivity contribution is 0.0691. The zero-order chi connectivity index (χ0) is 29.1. The van der Waals surface area contributed by atoms with Crippen LogP contribution in [0.3, 0.4) is 0 Å².